The van der Waals surface area contributed by atoms with Gasteiger partial charge >= 0.3 is 0 Å². The van der Waals surface area contributed by atoms with E-state index in [1.165, 1.54) is 10.5 Å². The van der Waals surface area contributed by atoms with Crippen LogP contribution in [-0.4, -0.2) is 46.8 Å². The van der Waals surface area contributed by atoms with Gasteiger partial charge in [0.05, 0.1) is 6.10 Å². The smallest absolute Gasteiger partial charge is 0.248 e. The zero-order valence-corrected chi connectivity index (χ0v) is 12.7. The number of nitrogens with two attached hydrogens (primary N) is 1. The maximum Gasteiger partial charge on any atom is 0.248 e. The van der Waals surface area contributed by atoms with Crippen molar-refractivity contribution < 1.29 is 13.5 Å². The summed E-state index contributed by atoms with van der Waals surface area (Å²) in [5, 5.41) is 13.9. The number of aliphatic hydroxyl groups excluding tert-OH is 1. The van der Waals surface area contributed by atoms with Crippen LogP contribution >= 0.6 is 0 Å². The molecule has 2 heterocycles. The molecule has 0 amide bonds. The molecule has 0 bridgehead atoms. The molecule has 3 N–H and O–H groups in total. The first-order valence-corrected chi connectivity index (χ1v) is 8.31. The Morgan fingerprint density at radius 2 is 2.25 bits per heavy atom. The second-order valence-corrected chi connectivity index (χ2v) is 7.24. The molecule has 1 aromatic rings. The Morgan fingerprint density at radius 3 is 2.85 bits per heavy atom. The topological polar surface area (TPSA) is 101 Å². The third kappa shape index (κ3) is 2.82. The molecular formula is C12H22N4O3S. The average molecular weight is 302 g/mol. The third-order valence-corrected chi connectivity index (χ3v) is 5.59. The molecule has 0 aromatic carbocycles. The molecule has 7 nitrogen and oxygen atoms in total. The lowest BCUT2D eigenvalue weighted by Gasteiger charge is -2.33. The largest absolute Gasteiger partial charge is 0.391 e. The van der Waals surface area contributed by atoms with E-state index in [4.69, 9.17) is 5.73 Å². The molecule has 0 aliphatic carbocycles. The van der Waals surface area contributed by atoms with E-state index in [-0.39, 0.29) is 23.2 Å². The lowest BCUT2D eigenvalue weighted by Crippen LogP contribution is -2.45. The maximum atomic E-state index is 12.6. The van der Waals surface area contributed by atoms with Crippen molar-refractivity contribution in [2.24, 2.45) is 5.92 Å². The summed E-state index contributed by atoms with van der Waals surface area (Å²) < 4.78 is 28.0. The van der Waals surface area contributed by atoms with Crippen LogP contribution in [0, 0.1) is 5.92 Å². The molecule has 8 heteroatoms. The molecule has 1 aromatic heterocycles. The Labute approximate surface area is 119 Å². The molecule has 2 unspecified atom stereocenters. The fraction of sp³-hybridized carbons (Fsp3) is 0.750. The highest BCUT2D eigenvalue weighted by atomic mass is 32.2. The van der Waals surface area contributed by atoms with E-state index in [0.29, 0.717) is 19.5 Å². The highest BCUT2D eigenvalue weighted by Gasteiger charge is 2.34. The zero-order chi connectivity index (χ0) is 14.9. The predicted octanol–water partition coefficient (Wildman–Crippen LogP) is 0.267. The standard InChI is InChI=1S/C12H22N4O3S/c1-3-5-15-8-11(12(13)14-15)20(18,19)16-6-4-9(2)10(17)7-16/h8-10,17H,3-7H2,1-2H3,(H2,13,14). The Kier molecular flexibility index (Phi) is 4.36. The number of aromatic nitrogens is 2. The molecule has 2 rings (SSSR count). The lowest BCUT2D eigenvalue weighted by atomic mass is 9.98. The second kappa shape index (κ2) is 5.71. The summed E-state index contributed by atoms with van der Waals surface area (Å²) in [6, 6.07) is 0. The van der Waals surface area contributed by atoms with Crippen LogP contribution in [0.2, 0.25) is 0 Å². The molecule has 114 valence electrons. The number of hydrogen-bond donors (Lipinski definition) is 2. The minimum absolute atomic E-state index is 0.0200. The van der Waals surface area contributed by atoms with Gasteiger partial charge in [-0.3, -0.25) is 4.68 Å². The monoisotopic (exact) mass is 302 g/mol. The summed E-state index contributed by atoms with van der Waals surface area (Å²) in [6.45, 7) is 5.04. The van der Waals surface area contributed by atoms with Crippen molar-refractivity contribution in [3.05, 3.63) is 6.20 Å². The van der Waals surface area contributed by atoms with Gasteiger partial charge in [-0.05, 0) is 18.8 Å². The summed E-state index contributed by atoms with van der Waals surface area (Å²) >= 11 is 0. The van der Waals surface area contributed by atoms with Crippen molar-refractivity contribution in [3.8, 4) is 0 Å². The van der Waals surface area contributed by atoms with Crippen LogP contribution in [0.5, 0.6) is 0 Å². The number of β-amino-alcohol motifs (C(OH)–C–C–N with tert-alkyl or cyclic N) is 1. The average Bonchev–Trinajstić information content (AvgIpc) is 2.75. The van der Waals surface area contributed by atoms with E-state index in [1.807, 2.05) is 13.8 Å². The van der Waals surface area contributed by atoms with Gasteiger partial charge in [-0.25, -0.2) is 8.42 Å². The predicted molar refractivity (Wildman–Crippen MR) is 75.5 cm³/mol. The van der Waals surface area contributed by atoms with Crippen LogP contribution in [0.3, 0.4) is 0 Å². The van der Waals surface area contributed by atoms with E-state index in [1.54, 1.807) is 4.68 Å². The number of rotatable bonds is 4. The number of hydrogen-bond acceptors (Lipinski definition) is 5. The second-order valence-electron chi connectivity index (χ2n) is 5.34. The normalized spacial score (nSPS) is 24.9. The molecular weight excluding hydrogens is 280 g/mol. The van der Waals surface area contributed by atoms with Crippen molar-refractivity contribution in [2.75, 3.05) is 18.8 Å². The summed E-state index contributed by atoms with van der Waals surface area (Å²) in [4.78, 5) is 0.0349. The first-order chi connectivity index (χ1) is 9.36. The van der Waals surface area contributed by atoms with Crippen molar-refractivity contribution in [3.63, 3.8) is 0 Å². The van der Waals surface area contributed by atoms with Crippen LogP contribution < -0.4 is 5.73 Å². The molecule has 1 fully saturated rings. The Bertz CT molecular complexity index is 569. The quantitative estimate of drug-likeness (QED) is 0.831. The Morgan fingerprint density at radius 1 is 1.55 bits per heavy atom. The van der Waals surface area contributed by atoms with Gasteiger partial charge in [0.15, 0.2) is 5.82 Å². The molecule has 1 aliphatic heterocycles. The highest BCUT2D eigenvalue weighted by Crippen LogP contribution is 2.26. The van der Waals surface area contributed by atoms with Crippen molar-refractivity contribution in [1.29, 1.82) is 0 Å². The molecule has 2 atom stereocenters. The van der Waals surface area contributed by atoms with Gasteiger partial charge in [-0.2, -0.15) is 9.40 Å². The van der Waals surface area contributed by atoms with E-state index >= 15 is 0 Å². The number of piperidine rings is 1. The molecule has 0 radical (unpaired) electrons. The van der Waals surface area contributed by atoms with Crippen LogP contribution in [-0.2, 0) is 16.6 Å². The van der Waals surface area contributed by atoms with Gasteiger partial charge in [0.2, 0.25) is 10.0 Å². The molecule has 0 spiro atoms. The van der Waals surface area contributed by atoms with Gasteiger partial charge < -0.3 is 10.8 Å². The van der Waals surface area contributed by atoms with E-state index < -0.39 is 16.1 Å². The van der Waals surface area contributed by atoms with Gasteiger partial charge in [0.25, 0.3) is 0 Å². The van der Waals surface area contributed by atoms with E-state index in [2.05, 4.69) is 5.10 Å². The maximum absolute atomic E-state index is 12.6. The zero-order valence-electron chi connectivity index (χ0n) is 11.9. The number of anilines is 1. The van der Waals surface area contributed by atoms with Crippen molar-refractivity contribution in [1.82, 2.24) is 14.1 Å². The van der Waals surface area contributed by atoms with Crippen LogP contribution in [0.25, 0.3) is 0 Å². The van der Waals surface area contributed by atoms with Crippen LogP contribution in [0.4, 0.5) is 5.82 Å². The first-order valence-electron chi connectivity index (χ1n) is 6.87. The number of nitrogens with zero attached hydrogens (tertiary/aromatic N) is 3. The Hall–Kier alpha value is -1.12. The summed E-state index contributed by atoms with van der Waals surface area (Å²) in [5.74, 6) is 0.133. The summed E-state index contributed by atoms with van der Waals surface area (Å²) in [5.41, 5.74) is 5.73. The van der Waals surface area contributed by atoms with Crippen molar-refractivity contribution in [2.45, 2.75) is 44.2 Å². The molecule has 1 aliphatic rings. The number of aryl methyl sites for hydroxylation is 1. The fourth-order valence-electron chi connectivity index (χ4n) is 2.34. The summed E-state index contributed by atoms with van der Waals surface area (Å²) in [6.07, 6.45) is 2.33. The first kappa shape index (κ1) is 15.3. The minimum atomic E-state index is -3.68. The van der Waals surface area contributed by atoms with Gasteiger partial charge in [0, 0.05) is 25.8 Å². The summed E-state index contributed by atoms with van der Waals surface area (Å²) in [7, 11) is -3.68. The number of aliphatic hydroxyl groups is 1. The van der Waals surface area contributed by atoms with Gasteiger partial charge in [-0.15, -0.1) is 0 Å². The van der Waals surface area contributed by atoms with Crippen LogP contribution in [0.1, 0.15) is 26.7 Å². The minimum Gasteiger partial charge on any atom is -0.391 e. The third-order valence-electron chi connectivity index (χ3n) is 3.71. The van der Waals surface area contributed by atoms with Crippen LogP contribution in [0.15, 0.2) is 11.1 Å². The van der Waals surface area contributed by atoms with E-state index in [0.717, 1.165) is 6.42 Å². The van der Waals surface area contributed by atoms with E-state index in [9.17, 15) is 13.5 Å². The van der Waals surface area contributed by atoms with Gasteiger partial charge in [0.1, 0.15) is 4.90 Å². The van der Waals surface area contributed by atoms with Gasteiger partial charge in [-0.1, -0.05) is 13.8 Å². The molecule has 1 saturated heterocycles. The SMILES string of the molecule is CCCn1cc(S(=O)(=O)N2CCC(C)C(O)C2)c(N)n1. The lowest BCUT2D eigenvalue weighted by molar-refractivity contribution is 0.0605. The molecule has 20 heavy (non-hydrogen) atoms. The Balaban J connectivity index is 2.26. The molecule has 0 saturated carbocycles. The van der Waals surface area contributed by atoms with Crippen molar-refractivity contribution >= 4 is 15.8 Å². The fourth-order valence-corrected chi connectivity index (χ4v) is 3.87. The highest BCUT2D eigenvalue weighted by molar-refractivity contribution is 7.89. The number of nitrogen functional groups attached to an aromatic ring is 1. The number of sulfonamides is 1.